The van der Waals surface area contributed by atoms with Crippen LogP contribution in [0.3, 0.4) is 0 Å². The Hall–Kier alpha value is -0.770. The summed E-state index contributed by atoms with van der Waals surface area (Å²) in [6.45, 7) is 3.37. The average molecular weight is 268 g/mol. The topological polar surface area (TPSA) is 32.7 Å². The van der Waals surface area contributed by atoms with Crippen LogP contribution in [-0.2, 0) is 13.0 Å². The molecule has 2 aliphatic heterocycles. The van der Waals surface area contributed by atoms with Crippen molar-refractivity contribution in [1.29, 1.82) is 0 Å². The number of benzene rings is 1. The highest BCUT2D eigenvalue weighted by Gasteiger charge is 2.22. The van der Waals surface area contributed by atoms with Gasteiger partial charge in [-0.2, -0.15) is 0 Å². The van der Waals surface area contributed by atoms with E-state index in [-0.39, 0.29) is 6.10 Å². The van der Waals surface area contributed by atoms with Crippen molar-refractivity contribution in [3.05, 3.63) is 28.3 Å². The molecule has 1 fully saturated rings. The zero-order chi connectivity index (χ0) is 12.5. The van der Waals surface area contributed by atoms with Crippen molar-refractivity contribution < 1.29 is 9.84 Å². The van der Waals surface area contributed by atoms with E-state index in [1.807, 2.05) is 12.1 Å². The number of piperidine rings is 1. The molecular formula is C14H18ClNO2. The molecule has 18 heavy (non-hydrogen) atoms. The third kappa shape index (κ3) is 2.48. The van der Waals surface area contributed by atoms with Gasteiger partial charge in [0.2, 0.25) is 0 Å². The van der Waals surface area contributed by atoms with Crippen molar-refractivity contribution in [3.8, 4) is 5.75 Å². The van der Waals surface area contributed by atoms with Crippen LogP contribution in [0.15, 0.2) is 12.1 Å². The lowest BCUT2D eigenvalue weighted by Gasteiger charge is -2.30. The Bertz CT molecular complexity index is 450. The molecule has 98 valence electrons. The van der Waals surface area contributed by atoms with E-state index in [2.05, 4.69) is 4.90 Å². The van der Waals surface area contributed by atoms with E-state index in [1.54, 1.807) is 0 Å². The largest absolute Gasteiger partial charge is 0.493 e. The first-order chi connectivity index (χ1) is 8.72. The molecule has 0 unspecified atom stereocenters. The maximum atomic E-state index is 9.71. The van der Waals surface area contributed by atoms with Gasteiger partial charge in [-0.1, -0.05) is 11.6 Å². The van der Waals surface area contributed by atoms with Crippen molar-refractivity contribution in [3.63, 3.8) is 0 Å². The molecular weight excluding hydrogens is 250 g/mol. The smallest absolute Gasteiger partial charge is 0.127 e. The highest BCUT2D eigenvalue weighted by atomic mass is 35.5. The van der Waals surface area contributed by atoms with Crippen LogP contribution in [-0.4, -0.2) is 35.8 Å². The molecule has 2 aliphatic rings. The minimum absolute atomic E-state index is 0.188. The second kappa shape index (κ2) is 5.08. The molecule has 0 aromatic heterocycles. The molecule has 3 nitrogen and oxygen atoms in total. The Balaban J connectivity index is 1.80. The van der Waals surface area contributed by atoms with Gasteiger partial charge in [-0.05, 0) is 37.1 Å². The number of β-amino-alcohol motifs (C(OH)–C–C–N with tert-alkyl or cyclic N) is 1. The van der Waals surface area contributed by atoms with Crippen molar-refractivity contribution in [2.75, 3.05) is 19.7 Å². The first kappa shape index (κ1) is 12.3. The van der Waals surface area contributed by atoms with Crippen LogP contribution in [0.2, 0.25) is 5.02 Å². The normalized spacial score (nSPS) is 23.8. The Labute approximate surface area is 112 Å². The number of rotatable bonds is 2. The van der Waals surface area contributed by atoms with Crippen LogP contribution >= 0.6 is 11.6 Å². The maximum absolute atomic E-state index is 9.71. The number of aliphatic hydroxyl groups is 1. The minimum atomic E-state index is -0.188. The van der Waals surface area contributed by atoms with E-state index < -0.39 is 0 Å². The van der Waals surface area contributed by atoms with Crippen LogP contribution in [0.25, 0.3) is 0 Å². The predicted octanol–water partition coefficient (Wildman–Crippen LogP) is 2.23. The third-order valence-electron chi connectivity index (χ3n) is 3.70. The van der Waals surface area contributed by atoms with Crippen LogP contribution < -0.4 is 4.74 Å². The van der Waals surface area contributed by atoms with Crippen LogP contribution in [0.4, 0.5) is 0 Å². The Kier molecular flexibility index (Phi) is 3.46. The zero-order valence-electron chi connectivity index (χ0n) is 10.4. The standard InChI is InChI=1S/C14H18ClNO2/c15-12-6-10-3-5-18-14(10)11(7-12)8-16-4-1-2-13(17)9-16/h6-7,13,17H,1-5,8-9H2/t13-/m0/s1. The number of aliphatic hydroxyl groups excluding tert-OH is 1. The zero-order valence-corrected chi connectivity index (χ0v) is 11.1. The van der Waals surface area contributed by atoms with E-state index >= 15 is 0 Å². The highest BCUT2D eigenvalue weighted by molar-refractivity contribution is 6.30. The predicted molar refractivity (Wildman–Crippen MR) is 71.2 cm³/mol. The van der Waals surface area contributed by atoms with Gasteiger partial charge in [-0.25, -0.2) is 0 Å². The van der Waals surface area contributed by atoms with Crippen molar-refractivity contribution >= 4 is 11.6 Å². The van der Waals surface area contributed by atoms with Gasteiger partial charge in [-0.3, -0.25) is 4.90 Å². The molecule has 3 rings (SSSR count). The number of halogens is 1. The molecule has 0 bridgehead atoms. The molecule has 1 saturated heterocycles. The highest BCUT2D eigenvalue weighted by Crippen LogP contribution is 2.33. The number of hydrogen-bond acceptors (Lipinski definition) is 3. The Morgan fingerprint density at radius 3 is 3.17 bits per heavy atom. The number of fused-ring (bicyclic) bond motifs is 1. The first-order valence-corrected chi connectivity index (χ1v) is 6.94. The fourth-order valence-corrected chi connectivity index (χ4v) is 3.14. The summed E-state index contributed by atoms with van der Waals surface area (Å²) in [6.07, 6.45) is 2.74. The summed E-state index contributed by atoms with van der Waals surface area (Å²) in [6, 6.07) is 3.99. The SMILES string of the molecule is O[C@H]1CCCN(Cc2cc(Cl)cc3c2OCC3)C1. The van der Waals surface area contributed by atoms with Crippen LogP contribution in [0.1, 0.15) is 24.0 Å². The van der Waals surface area contributed by atoms with E-state index in [9.17, 15) is 5.11 Å². The molecule has 0 radical (unpaired) electrons. The van der Waals surface area contributed by atoms with Gasteiger partial charge in [0.1, 0.15) is 5.75 Å². The van der Waals surface area contributed by atoms with Gasteiger partial charge < -0.3 is 9.84 Å². The molecule has 0 aliphatic carbocycles. The average Bonchev–Trinajstić information content (AvgIpc) is 2.77. The molecule has 1 aromatic rings. The molecule has 2 heterocycles. The second-order valence-electron chi connectivity index (χ2n) is 5.18. The maximum Gasteiger partial charge on any atom is 0.127 e. The first-order valence-electron chi connectivity index (χ1n) is 6.57. The van der Waals surface area contributed by atoms with E-state index in [0.717, 1.165) is 61.8 Å². The number of likely N-dealkylation sites (tertiary alicyclic amines) is 1. The van der Waals surface area contributed by atoms with Gasteiger partial charge >= 0.3 is 0 Å². The Morgan fingerprint density at radius 2 is 2.33 bits per heavy atom. The molecule has 1 N–H and O–H groups in total. The van der Waals surface area contributed by atoms with Gasteiger partial charge in [-0.15, -0.1) is 0 Å². The lowest BCUT2D eigenvalue weighted by molar-refractivity contribution is 0.0664. The summed E-state index contributed by atoms with van der Waals surface area (Å²) in [5.41, 5.74) is 2.37. The van der Waals surface area contributed by atoms with Crippen molar-refractivity contribution in [2.45, 2.75) is 31.9 Å². The number of ether oxygens (including phenoxy) is 1. The number of nitrogens with zero attached hydrogens (tertiary/aromatic N) is 1. The Morgan fingerprint density at radius 1 is 1.44 bits per heavy atom. The molecule has 0 spiro atoms. The lowest BCUT2D eigenvalue weighted by atomic mass is 10.0. The molecule has 1 atom stereocenters. The second-order valence-corrected chi connectivity index (χ2v) is 5.62. The summed E-state index contributed by atoms with van der Waals surface area (Å²) in [5.74, 6) is 1.01. The number of hydrogen-bond donors (Lipinski definition) is 1. The van der Waals surface area contributed by atoms with Crippen molar-refractivity contribution in [1.82, 2.24) is 4.90 Å². The summed E-state index contributed by atoms with van der Waals surface area (Å²) in [4.78, 5) is 2.28. The molecule has 0 amide bonds. The van der Waals surface area contributed by atoms with Gasteiger partial charge in [0.05, 0.1) is 12.7 Å². The molecule has 1 aromatic carbocycles. The van der Waals surface area contributed by atoms with Gasteiger partial charge in [0, 0.05) is 30.1 Å². The minimum Gasteiger partial charge on any atom is -0.493 e. The summed E-state index contributed by atoms with van der Waals surface area (Å²) in [7, 11) is 0. The fourth-order valence-electron chi connectivity index (χ4n) is 2.88. The quantitative estimate of drug-likeness (QED) is 0.892. The third-order valence-corrected chi connectivity index (χ3v) is 3.92. The van der Waals surface area contributed by atoms with Crippen molar-refractivity contribution in [2.24, 2.45) is 0 Å². The van der Waals surface area contributed by atoms with Gasteiger partial charge in [0.15, 0.2) is 0 Å². The molecule has 0 saturated carbocycles. The summed E-state index contributed by atoms with van der Waals surface area (Å²) in [5, 5.41) is 10.5. The summed E-state index contributed by atoms with van der Waals surface area (Å²) < 4.78 is 5.71. The van der Waals surface area contributed by atoms with Gasteiger partial charge in [0.25, 0.3) is 0 Å². The summed E-state index contributed by atoms with van der Waals surface area (Å²) >= 11 is 6.15. The van der Waals surface area contributed by atoms with E-state index in [1.165, 1.54) is 5.56 Å². The van der Waals surface area contributed by atoms with Crippen LogP contribution in [0.5, 0.6) is 5.75 Å². The molecule has 4 heteroatoms. The lowest BCUT2D eigenvalue weighted by Crippen LogP contribution is -2.37. The fraction of sp³-hybridized carbons (Fsp3) is 0.571. The van der Waals surface area contributed by atoms with E-state index in [4.69, 9.17) is 16.3 Å². The monoisotopic (exact) mass is 267 g/mol. The van der Waals surface area contributed by atoms with Crippen LogP contribution in [0, 0.1) is 0 Å². The van der Waals surface area contributed by atoms with E-state index in [0.29, 0.717) is 0 Å².